The van der Waals surface area contributed by atoms with Crippen LogP contribution in [-0.2, 0) is 4.79 Å². The molecule has 1 saturated carbocycles. The summed E-state index contributed by atoms with van der Waals surface area (Å²) in [5.74, 6) is 1.17. The Labute approximate surface area is 101 Å². The highest BCUT2D eigenvalue weighted by Crippen LogP contribution is 2.37. The summed E-state index contributed by atoms with van der Waals surface area (Å²) >= 11 is 3.44. The first-order valence-corrected chi connectivity index (χ1v) is 6.92. The molecule has 1 fully saturated rings. The zero-order valence-corrected chi connectivity index (χ0v) is 11.6. The molecule has 0 spiro atoms. The predicted molar refractivity (Wildman–Crippen MR) is 67.1 cm³/mol. The third-order valence-corrected chi connectivity index (χ3v) is 3.74. The molecular weight excluding hydrogens is 254 g/mol. The van der Waals surface area contributed by atoms with Crippen LogP contribution in [0.4, 0.5) is 0 Å². The van der Waals surface area contributed by atoms with Crippen molar-refractivity contribution in [3.63, 3.8) is 0 Å². The van der Waals surface area contributed by atoms with Crippen LogP contribution in [-0.4, -0.2) is 17.8 Å². The van der Waals surface area contributed by atoms with Crippen molar-refractivity contribution < 1.29 is 4.79 Å². The minimum absolute atomic E-state index is 0.224. The molecule has 2 nitrogen and oxygen atoms in total. The monoisotopic (exact) mass is 275 g/mol. The minimum Gasteiger partial charge on any atom is -0.355 e. The molecule has 0 saturated heterocycles. The van der Waals surface area contributed by atoms with Gasteiger partial charge in [-0.3, -0.25) is 4.79 Å². The summed E-state index contributed by atoms with van der Waals surface area (Å²) in [6.07, 6.45) is 3.40. The lowest BCUT2D eigenvalue weighted by atomic mass is 9.88. The number of rotatable bonds is 6. The van der Waals surface area contributed by atoms with Crippen molar-refractivity contribution in [2.75, 3.05) is 11.9 Å². The summed E-state index contributed by atoms with van der Waals surface area (Å²) < 4.78 is 0. The van der Waals surface area contributed by atoms with Crippen molar-refractivity contribution in [3.8, 4) is 0 Å². The van der Waals surface area contributed by atoms with E-state index in [0.29, 0.717) is 11.8 Å². The average molecular weight is 276 g/mol. The summed E-state index contributed by atoms with van der Waals surface area (Å²) in [6.45, 7) is 7.38. The standard InChI is InChI=1S/C12H22BrNO/c1-9-7-10(9)11(15)14-8-12(2,3)5-4-6-13/h9-10H,4-8H2,1-3H3,(H,14,15). The Morgan fingerprint density at radius 3 is 2.60 bits per heavy atom. The van der Waals surface area contributed by atoms with Gasteiger partial charge in [-0.2, -0.15) is 0 Å². The maximum Gasteiger partial charge on any atom is 0.223 e. The van der Waals surface area contributed by atoms with Crippen LogP contribution in [0.15, 0.2) is 0 Å². The Balaban J connectivity index is 2.20. The molecule has 1 aliphatic rings. The van der Waals surface area contributed by atoms with Gasteiger partial charge in [-0.15, -0.1) is 0 Å². The Morgan fingerprint density at radius 2 is 2.13 bits per heavy atom. The van der Waals surface area contributed by atoms with E-state index in [1.807, 2.05) is 0 Å². The van der Waals surface area contributed by atoms with Crippen LogP contribution in [0.5, 0.6) is 0 Å². The van der Waals surface area contributed by atoms with E-state index >= 15 is 0 Å². The van der Waals surface area contributed by atoms with Crippen molar-refractivity contribution in [1.29, 1.82) is 0 Å². The van der Waals surface area contributed by atoms with Crippen LogP contribution in [0.25, 0.3) is 0 Å². The molecular formula is C12H22BrNO. The van der Waals surface area contributed by atoms with E-state index in [1.165, 1.54) is 6.42 Å². The van der Waals surface area contributed by atoms with Crippen LogP contribution in [0.2, 0.25) is 0 Å². The fourth-order valence-electron chi connectivity index (χ4n) is 1.78. The third-order valence-electron chi connectivity index (χ3n) is 3.17. The van der Waals surface area contributed by atoms with Crippen LogP contribution in [0, 0.1) is 17.3 Å². The van der Waals surface area contributed by atoms with Crippen molar-refractivity contribution in [1.82, 2.24) is 5.32 Å². The number of amides is 1. The fourth-order valence-corrected chi connectivity index (χ4v) is 2.06. The molecule has 0 heterocycles. The first-order valence-electron chi connectivity index (χ1n) is 5.80. The molecule has 1 amide bonds. The Kier molecular flexibility index (Phi) is 4.63. The molecule has 0 aromatic carbocycles. The minimum atomic E-state index is 0.224. The summed E-state index contributed by atoms with van der Waals surface area (Å²) in [5, 5.41) is 4.12. The molecule has 1 aliphatic carbocycles. The summed E-state index contributed by atoms with van der Waals surface area (Å²) in [5.41, 5.74) is 0.224. The Bertz CT molecular complexity index is 228. The number of carbonyl (C=O) groups excluding carboxylic acids is 1. The molecule has 2 atom stereocenters. The van der Waals surface area contributed by atoms with Crippen LogP contribution in [0.1, 0.15) is 40.0 Å². The lowest BCUT2D eigenvalue weighted by Gasteiger charge is -2.24. The number of hydrogen-bond donors (Lipinski definition) is 1. The van der Waals surface area contributed by atoms with Gasteiger partial charge in [0.15, 0.2) is 0 Å². The van der Waals surface area contributed by atoms with Crippen molar-refractivity contribution in [2.45, 2.75) is 40.0 Å². The lowest BCUT2D eigenvalue weighted by molar-refractivity contribution is -0.123. The molecule has 2 unspecified atom stereocenters. The molecule has 0 aromatic heterocycles. The normalized spacial score (nSPS) is 25.1. The van der Waals surface area contributed by atoms with E-state index in [9.17, 15) is 4.79 Å². The maximum absolute atomic E-state index is 11.6. The number of halogens is 1. The topological polar surface area (TPSA) is 29.1 Å². The highest BCUT2D eigenvalue weighted by atomic mass is 79.9. The zero-order valence-electron chi connectivity index (χ0n) is 9.98. The SMILES string of the molecule is CC1CC1C(=O)NCC(C)(C)CCCBr. The summed E-state index contributed by atoms with van der Waals surface area (Å²) in [4.78, 5) is 11.6. The molecule has 0 bridgehead atoms. The van der Waals surface area contributed by atoms with Crippen molar-refractivity contribution in [3.05, 3.63) is 0 Å². The van der Waals surface area contributed by atoms with Gasteiger partial charge in [-0.25, -0.2) is 0 Å². The van der Waals surface area contributed by atoms with E-state index in [1.54, 1.807) is 0 Å². The first-order chi connectivity index (χ1) is 6.96. The molecule has 0 aliphatic heterocycles. The van der Waals surface area contributed by atoms with E-state index in [-0.39, 0.29) is 11.3 Å². The average Bonchev–Trinajstić information content (AvgIpc) is 2.89. The third kappa shape index (κ3) is 4.54. The van der Waals surface area contributed by atoms with Crippen LogP contribution in [0.3, 0.4) is 0 Å². The van der Waals surface area contributed by atoms with Crippen LogP contribution < -0.4 is 5.32 Å². The largest absolute Gasteiger partial charge is 0.355 e. The first kappa shape index (κ1) is 13.0. The molecule has 3 heteroatoms. The van der Waals surface area contributed by atoms with Gasteiger partial charge >= 0.3 is 0 Å². The fraction of sp³-hybridized carbons (Fsp3) is 0.917. The second-order valence-corrected chi connectivity index (χ2v) is 6.29. The van der Waals surface area contributed by atoms with E-state index in [2.05, 4.69) is 42.0 Å². The van der Waals surface area contributed by atoms with Gasteiger partial charge in [0.2, 0.25) is 5.91 Å². The predicted octanol–water partition coefficient (Wildman–Crippen LogP) is 2.96. The van der Waals surface area contributed by atoms with Gasteiger partial charge in [-0.1, -0.05) is 36.7 Å². The van der Waals surface area contributed by atoms with Gasteiger partial charge in [0.25, 0.3) is 0 Å². The van der Waals surface area contributed by atoms with Gasteiger partial charge in [0, 0.05) is 17.8 Å². The lowest BCUT2D eigenvalue weighted by Crippen LogP contribution is -2.35. The number of carbonyl (C=O) groups is 1. The second-order valence-electron chi connectivity index (χ2n) is 5.49. The molecule has 1 rings (SSSR count). The van der Waals surface area contributed by atoms with Gasteiger partial charge in [-0.05, 0) is 30.6 Å². The Hall–Kier alpha value is -0.0500. The molecule has 88 valence electrons. The second kappa shape index (κ2) is 5.33. The van der Waals surface area contributed by atoms with Gasteiger partial charge in [0.1, 0.15) is 0 Å². The summed E-state index contributed by atoms with van der Waals surface area (Å²) in [7, 11) is 0. The zero-order chi connectivity index (χ0) is 11.5. The highest BCUT2D eigenvalue weighted by molar-refractivity contribution is 9.09. The molecule has 0 aromatic rings. The van der Waals surface area contributed by atoms with Crippen molar-refractivity contribution in [2.24, 2.45) is 17.3 Å². The van der Waals surface area contributed by atoms with Crippen molar-refractivity contribution >= 4 is 21.8 Å². The number of nitrogens with one attached hydrogen (secondary N) is 1. The van der Waals surface area contributed by atoms with Gasteiger partial charge < -0.3 is 5.32 Å². The van der Waals surface area contributed by atoms with E-state index in [0.717, 1.165) is 24.7 Å². The molecule has 0 radical (unpaired) electrons. The highest BCUT2D eigenvalue weighted by Gasteiger charge is 2.39. The maximum atomic E-state index is 11.6. The quantitative estimate of drug-likeness (QED) is 0.742. The van der Waals surface area contributed by atoms with Gasteiger partial charge in [0.05, 0.1) is 0 Å². The van der Waals surface area contributed by atoms with E-state index < -0.39 is 0 Å². The summed E-state index contributed by atoms with van der Waals surface area (Å²) in [6, 6.07) is 0. The number of hydrogen-bond acceptors (Lipinski definition) is 1. The molecule has 1 N–H and O–H groups in total. The molecule has 15 heavy (non-hydrogen) atoms. The smallest absolute Gasteiger partial charge is 0.223 e. The number of alkyl halides is 1. The Morgan fingerprint density at radius 1 is 1.53 bits per heavy atom. The van der Waals surface area contributed by atoms with E-state index in [4.69, 9.17) is 0 Å². The van der Waals surface area contributed by atoms with Crippen LogP contribution >= 0.6 is 15.9 Å².